The maximum atomic E-state index is 13.0. The lowest BCUT2D eigenvalue weighted by molar-refractivity contribution is -0.274. The highest BCUT2D eigenvalue weighted by atomic mass is 35.5. The summed E-state index contributed by atoms with van der Waals surface area (Å²) in [4.78, 5) is 23.3. The maximum absolute atomic E-state index is 13.0. The van der Waals surface area contributed by atoms with Crippen molar-refractivity contribution in [2.45, 2.75) is 6.36 Å². The van der Waals surface area contributed by atoms with Crippen LogP contribution >= 0.6 is 12.4 Å². The molecule has 0 aliphatic carbocycles. The lowest BCUT2D eigenvalue weighted by Gasteiger charge is -2.27. The monoisotopic (exact) mass is 457 g/mol. The first kappa shape index (κ1) is 22.6. The SMILES string of the molecule is Cl.Cn1cnc2c(Nc3cccc(OC(F)(F)F)c3)ncc(C(=O)N3CCOCC3)c21. The van der Waals surface area contributed by atoms with E-state index in [-0.39, 0.29) is 24.1 Å². The van der Waals surface area contributed by atoms with Crippen LogP contribution in [0, 0.1) is 0 Å². The van der Waals surface area contributed by atoms with Gasteiger partial charge >= 0.3 is 6.36 Å². The number of anilines is 2. The lowest BCUT2D eigenvalue weighted by atomic mass is 10.2. The van der Waals surface area contributed by atoms with Gasteiger partial charge in [-0.3, -0.25) is 4.79 Å². The Kier molecular flexibility index (Phi) is 6.56. The van der Waals surface area contributed by atoms with Crippen molar-refractivity contribution in [3.05, 3.63) is 42.4 Å². The number of benzene rings is 1. The highest BCUT2D eigenvalue weighted by Crippen LogP contribution is 2.29. The molecule has 8 nitrogen and oxygen atoms in total. The number of aromatic nitrogens is 3. The summed E-state index contributed by atoms with van der Waals surface area (Å²) in [5, 5.41) is 2.95. The summed E-state index contributed by atoms with van der Waals surface area (Å²) in [7, 11) is 1.76. The van der Waals surface area contributed by atoms with E-state index < -0.39 is 6.36 Å². The number of amides is 1. The summed E-state index contributed by atoms with van der Waals surface area (Å²) in [6, 6.07) is 5.41. The van der Waals surface area contributed by atoms with Gasteiger partial charge in [-0.15, -0.1) is 25.6 Å². The first-order chi connectivity index (χ1) is 14.3. The first-order valence-electron chi connectivity index (χ1n) is 9.12. The van der Waals surface area contributed by atoms with Crippen LogP contribution < -0.4 is 10.1 Å². The molecule has 1 aromatic carbocycles. The third-order valence-corrected chi connectivity index (χ3v) is 4.60. The van der Waals surface area contributed by atoms with Crippen LogP contribution in [0.25, 0.3) is 11.0 Å². The molecule has 12 heteroatoms. The van der Waals surface area contributed by atoms with Crippen LogP contribution in [0.1, 0.15) is 10.4 Å². The molecule has 4 rings (SSSR count). The summed E-state index contributed by atoms with van der Waals surface area (Å²) in [6.45, 7) is 1.93. The zero-order chi connectivity index (χ0) is 21.3. The topological polar surface area (TPSA) is 81.5 Å². The van der Waals surface area contributed by atoms with Gasteiger partial charge < -0.3 is 24.3 Å². The second kappa shape index (κ2) is 8.98. The molecule has 3 heterocycles. The molecule has 166 valence electrons. The number of rotatable bonds is 4. The molecule has 3 aromatic rings. The zero-order valence-corrected chi connectivity index (χ0v) is 17.2. The van der Waals surface area contributed by atoms with E-state index in [1.807, 2.05) is 0 Å². The van der Waals surface area contributed by atoms with E-state index in [0.717, 1.165) is 0 Å². The van der Waals surface area contributed by atoms with Gasteiger partial charge in [-0.25, -0.2) is 9.97 Å². The van der Waals surface area contributed by atoms with Crippen molar-refractivity contribution < 1.29 is 27.4 Å². The van der Waals surface area contributed by atoms with Crippen molar-refractivity contribution in [1.29, 1.82) is 0 Å². The number of imidazole rings is 1. The minimum Gasteiger partial charge on any atom is -0.406 e. The molecule has 1 fully saturated rings. The van der Waals surface area contributed by atoms with Gasteiger partial charge in [0.25, 0.3) is 5.91 Å². The number of ether oxygens (including phenoxy) is 2. The van der Waals surface area contributed by atoms with E-state index in [4.69, 9.17) is 4.74 Å². The standard InChI is InChI=1S/C19H18F3N5O3.ClH/c1-26-11-24-15-16(26)14(18(28)27-5-7-29-8-6-27)10-23-17(15)25-12-3-2-4-13(9-12)30-19(20,21)22;/h2-4,9-11H,5-8H2,1H3,(H,23,25);1H. The molecule has 0 atom stereocenters. The average Bonchev–Trinajstić information content (AvgIpc) is 3.10. The number of fused-ring (bicyclic) bond motifs is 1. The number of carbonyl (C=O) groups is 1. The van der Waals surface area contributed by atoms with E-state index in [1.54, 1.807) is 28.9 Å². The Morgan fingerprint density at radius 3 is 2.68 bits per heavy atom. The molecule has 0 radical (unpaired) electrons. The van der Waals surface area contributed by atoms with Crippen LogP contribution in [0.15, 0.2) is 36.8 Å². The number of hydrogen-bond donors (Lipinski definition) is 1. The van der Waals surface area contributed by atoms with Gasteiger partial charge in [-0.2, -0.15) is 0 Å². The normalized spacial score (nSPS) is 14.3. The van der Waals surface area contributed by atoms with Gasteiger partial charge in [-0.05, 0) is 12.1 Å². The molecular formula is C19H19ClF3N5O3. The van der Waals surface area contributed by atoms with Crippen molar-refractivity contribution in [1.82, 2.24) is 19.4 Å². The molecule has 0 bridgehead atoms. The number of nitrogens with one attached hydrogen (secondary N) is 1. The van der Waals surface area contributed by atoms with Crippen molar-refractivity contribution in [2.75, 3.05) is 31.6 Å². The third kappa shape index (κ3) is 5.00. The summed E-state index contributed by atoms with van der Waals surface area (Å²) in [5.41, 5.74) is 1.74. The summed E-state index contributed by atoms with van der Waals surface area (Å²) >= 11 is 0. The molecule has 1 aliphatic rings. The predicted molar refractivity (Wildman–Crippen MR) is 109 cm³/mol. The lowest BCUT2D eigenvalue weighted by Crippen LogP contribution is -2.40. The summed E-state index contributed by atoms with van der Waals surface area (Å²) < 4.78 is 48.4. The van der Waals surface area contributed by atoms with E-state index in [2.05, 4.69) is 20.0 Å². The smallest absolute Gasteiger partial charge is 0.406 e. The zero-order valence-electron chi connectivity index (χ0n) is 16.3. The van der Waals surface area contributed by atoms with Crippen LogP contribution in [0.5, 0.6) is 5.75 Å². The van der Waals surface area contributed by atoms with E-state index >= 15 is 0 Å². The highest BCUT2D eigenvalue weighted by Gasteiger charge is 2.31. The van der Waals surface area contributed by atoms with Crippen LogP contribution in [-0.2, 0) is 11.8 Å². The Hall–Kier alpha value is -3.05. The molecule has 0 unspecified atom stereocenters. The molecule has 1 saturated heterocycles. The third-order valence-electron chi connectivity index (χ3n) is 4.60. The minimum atomic E-state index is -4.79. The Morgan fingerprint density at radius 2 is 1.97 bits per heavy atom. The van der Waals surface area contributed by atoms with Crippen LogP contribution in [0.4, 0.5) is 24.7 Å². The number of morpholine rings is 1. The number of alkyl halides is 3. The van der Waals surface area contributed by atoms with Gasteiger partial charge in [0.1, 0.15) is 11.3 Å². The van der Waals surface area contributed by atoms with E-state index in [9.17, 15) is 18.0 Å². The highest BCUT2D eigenvalue weighted by molar-refractivity contribution is 6.07. The Balaban J connectivity index is 0.00000272. The molecule has 2 aromatic heterocycles. The fraction of sp³-hybridized carbons (Fsp3) is 0.316. The number of carbonyl (C=O) groups excluding carboxylic acids is 1. The van der Waals surface area contributed by atoms with Crippen LogP contribution in [-0.4, -0.2) is 58.0 Å². The number of nitrogens with zero attached hydrogens (tertiary/aromatic N) is 4. The second-order valence-electron chi connectivity index (χ2n) is 6.68. The number of halogens is 4. The van der Waals surface area contributed by atoms with Crippen molar-refractivity contribution >= 4 is 40.9 Å². The minimum absolute atomic E-state index is 0. The van der Waals surface area contributed by atoms with E-state index in [0.29, 0.717) is 54.4 Å². The van der Waals surface area contributed by atoms with Crippen molar-refractivity contribution in [3.8, 4) is 5.75 Å². The van der Waals surface area contributed by atoms with Crippen LogP contribution in [0.3, 0.4) is 0 Å². The molecule has 1 aliphatic heterocycles. The van der Waals surface area contributed by atoms with Gasteiger partial charge in [0.2, 0.25) is 0 Å². The maximum Gasteiger partial charge on any atom is 0.573 e. The van der Waals surface area contributed by atoms with Gasteiger partial charge in [0.05, 0.1) is 30.6 Å². The first-order valence-corrected chi connectivity index (χ1v) is 9.12. The average molecular weight is 458 g/mol. The molecular weight excluding hydrogens is 439 g/mol. The molecule has 1 amide bonds. The van der Waals surface area contributed by atoms with Gasteiger partial charge in [0.15, 0.2) is 5.82 Å². The van der Waals surface area contributed by atoms with Gasteiger partial charge in [0, 0.05) is 38.1 Å². The summed E-state index contributed by atoms with van der Waals surface area (Å²) in [5.74, 6) is -0.219. The second-order valence-corrected chi connectivity index (χ2v) is 6.68. The summed E-state index contributed by atoms with van der Waals surface area (Å²) in [6.07, 6.45) is -1.79. The fourth-order valence-electron chi connectivity index (χ4n) is 3.26. The van der Waals surface area contributed by atoms with Crippen molar-refractivity contribution in [2.24, 2.45) is 7.05 Å². The number of hydrogen-bond acceptors (Lipinski definition) is 6. The molecule has 0 spiro atoms. The van der Waals surface area contributed by atoms with E-state index in [1.165, 1.54) is 24.4 Å². The number of pyridine rings is 1. The van der Waals surface area contributed by atoms with Gasteiger partial charge in [-0.1, -0.05) is 6.07 Å². The quantitative estimate of drug-likeness (QED) is 0.645. The van der Waals surface area contributed by atoms with Crippen LogP contribution in [0.2, 0.25) is 0 Å². The fourth-order valence-corrected chi connectivity index (χ4v) is 3.26. The predicted octanol–water partition coefficient (Wildman–Crippen LogP) is 3.50. The molecule has 0 saturated carbocycles. The number of aryl methyl sites for hydroxylation is 1. The van der Waals surface area contributed by atoms with Crippen molar-refractivity contribution in [3.63, 3.8) is 0 Å². The Morgan fingerprint density at radius 1 is 1.23 bits per heavy atom. The largest absolute Gasteiger partial charge is 0.573 e. The molecule has 1 N–H and O–H groups in total. The molecule has 31 heavy (non-hydrogen) atoms. The Bertz CT molecular complexity index is 1080. The Labute approximate surface area is 181 Å².